The predicted molar refractivity (Wildman–Crippen MR) is 85.6 cm³/mol. The normalized spacial score (nSPS) is 11.4. The Morgan fingerprint density at radius 1 is 1.24 bits per heavy atom. The molecule has 0 aliphatic heterocycles. The van der Waals surface area contributed by atoms with Crippen LogP contribution in [0.4, 0.5) is 0 Å². The summed E-state index contributed by atoms with van der Waals surface area (Å²) < 4.78 is 2.02. The second-order valence-electron chi connectivity index (χ2n) is 5.54. The zero-order chi connectivity index (χ0) is 14.8. The first-order valence-corrected chi connectivity index (χ1v) is 7.27. The molecular weight excluding hydrogens is 260 g/mol. The fraction of sp³-hybridized carbons (Fsp3) is 0.294. The van der Waals surface area contributed by atoms with E-state index in [1.165, 1.54) is 10.9 Å². The van der Waals surface area contributed by atoms with E-state index >= 15 is 0 Å². The average Bonchev–Trinajstić information content (AvgIpc) is 2.90. The van der Waals surface area contributed by atoms with Gasteiger partial charge in [0, 0.05) is 30.4 Å². The third kappa shape index (κ3) is 2.81. The molecule has 0 saturated carbocycles. The molecule has 0 unspecified atom stereocenters. The Balaban J connectivity index is 2.12. The molecule has 4 nitrogen and oxygen atoms in total. The Kier molecular flexibility index (Phi) is 3.71. The Morgan fingerprint density at radius 3 is 2.76 bits per heavy atom. The van der Waals surface area contributed by atoms with Crippen LogP contribution in [0.2, 0.25) is 0 Å². The van der Waals surface area contributed by atoms with Gasteiger partial charge in [0.05, 0.1) is 5.52 Å². The summed E-state index contributed by atoms with van der Waals surface area (Å²) in [5.74, 6) is 1.87. The van der Waals surface area contributed by atoms with E-state index in [1.807, 2.05) is 23.8 Å². The first kappa shape index (κ1) is 13.8. The molecule has 2 heterocycles. The third-order valence-electron chi connectivity index (χ3n) is 3.56. The quantitative estimate of drug-likeness (QED) is 0.798. The molecule has 0 fully saturated rings. The minimum absolute atomic E-state index is 0.454. The molecule has 0 saturated heterocycles. The molecule has 4 heteroatoms. The molecule has 0 amide bonds. The number of aromatic nitrogens is 3. The number of hydrogen-bond acceptors (Lipinski definition) is 3. The first-order valence-electron chi connectivity index (χ1n) is 7.27. The van der Waals surface area contributed by atoms with Crippen LogP contribution in [0.5, 0.6) is 0 Å². The minimum atomic E-state index is 0.454. The van der Waals surface area contributed by atoms with Crippen LogP contribution in [-0.4, -0.2) is 20.6 Å². The van der Waals surface area contributed by atoms with Gasteiger partial charge in [-0.25, -0.2) is 9.97 Å². The smallest absolute Gasteiger partial charge is 0.139 e. The summed E-state index contributed by atoms with van der Waals surface area (Å²) in [6.07, 6.45) is 3.75. The van der Waals surface area contributed by atoms with Crippen LogP contribution in [-0.2, 0) is 6.54 Å². The molecule has 1 N–H and O–H groups in total. The number of aryl methyl sites for hydroxylation is 1. The molecule has 0 atom stereocenters. The fourth-order valence-corrected chi connectivity index (χ4v) is 2.44. The van der Waals surface area contributed by atoms with Gasteiger partial charge in [0.15, 0.2) is 0 Å². The van der Waals surface area contributed by atoms with Crippen molar-refractivity contribution in [2.75, 3.05) is 0 Å². The van der Waals surface area contributed by atoms with Crippen LogP contribution >= 0.6 is 0 Å². The van der Waals surface area contributed by atoms with Gasteiger partial charge in [-0.05, 0) is 24.6 Å². The molecule has 0 bridgehead atoms. The molecule has 0 aliphatic rings. The summed E-state index contributed by atoms with van der Waals surface area (Å²) in [5, 5.41) is 4.69. The maximum absolute atomic E-state index is 4.76. The van der Waals surface area contributed by atoms with Crippen molar-refractivity contribution in [3.05, 3.63) is 54.1 Å². The van der Waals surface area contributed by atoms with Crippen LogP contribution in [0, 0.1) is 6.92 Å². The van der Waals surface area contributed by atoms with Crippen LogP contribution in [0.25, 0.3) is 16.7 Å². The molecule has 0 radical (unpaired) electrons. The lowest BCUT2D eigenvalue weighted by molar-refractivity contribution is 0.590. The van der Waals surface area contributed by atoms with Crippen molar-refractivity contribution in [1.82, 2.24) is 19.9 Å². The number of rotatable bonds is 4. The topological polar surface area (TPSA) is 42.7 Å². The highest BCUT2D eigenvalue weighted by Crippen LogP contribution is 2.21. The Hall–Kier alpha value is -2.20. The molecule has 3 rings (SSSR count). The Morgan fingerprint density at radius 2 is 2.05 bits per heavy atom. The van der Waals surface area contributed by atoms with E-state index in [0.717, 1.165) is 23.7 Å². The highest BCUT2D eigenvalue weighted by atomic mass is 15.1. The lowest BCUT2D eigenvalue weighted by Gasteiger charge is -2.13. The number of benzene rings is 1. The highest BCUT2D eigenvalue weighted by Gasteiger charge is 2.09. The molecule has 1 aromatic carbocycles. The standard InChI is InChI=1S/C17H20N4/c1-12(2)19-11-14-10-17(21-9-8-18-13(21)3)20-16-7-5-4-6-15(14)16/h4-10,12,19H,11H2,1-3H3. The van der Waals surface area contributed by atoms with Crippen molar-refractivity contribution < 1.29 is 0 Å². The second-order valence-corrected chi connectivity index (χ2v) is 5.54. The van der Waals surface area contributed by atoms with Crippen molar-refractivity contribution in [3.63, 3.8) is 0 Å². The average molecular weight is 280 g/mol. The van der Waals surface area contributed by atoms with Gasteiger partial charge >= 0.3 is 0 Å². The maximum Gasteiger partial charge on any atom is 0.139 e. The molecule has 21 heavy (non-hydrogen) atoms. The molecule has 0 spiro atoms. The fourth-order valence-electron chi connectivity index (χ4n) is 2.44. The first-order chi connectivity index (χ1) is 10.1. The Bertz CT molecular complexity index is 758. The maximum atomic E-state index is 4.76. The number of hydrogen-bond donors (Lipinski definition) is 1. The van der Waals surface area contributed by atoms with Crippen LogP contribution < -0.4 is 5.32 Å². The van der Waals surface area contributed by atoms with Gasteiger partial charge in [0.1, 0.15) is 11.6 Å². The van der Waals surface area contributed by atoms with Crippen molar-refractivity contribution in [3.8, 4) is 5.82 Å². The monoisotopic (exact) mass is 280 g/mol. The van der Waals surface area contributed by atoms with Gasteiger partial charge in [0.25, 0.3) is 0 Å². The number of pyridine rings is 1. The molecular formula is C17H20N4. The van der Waals surface area contributed by atoms with E-state index in [4.69, 9.17) is 4.98 Å². The number of nitrogens with one attached hydrogen (secondary N) is 1. The van der Waals surface area contributed by atoms with E-state index in [-0.39, 0.29) is 0 Å². The number of para-hydroxylation sites is 1. The summed E-state index contributed by atoms with van der Waals surface area (Å²) in [4.78, 5) is 9.05. The lowest BCUT2D eigenvalue weighted by Crippen LogP contribution is -2.22. The zero-order valence-electron chi connectivity index (χ0n) is 12.7. The predicted octanol–water partition coefficient (Wildman–Crippen LogP) is 3.23. The van der Waals surface area contributed by atoms with Crippen molar-refractivity contribution in [2.24, 2.45) is 0 Å². The summed E-state index contributed by atoms with van der Waals surface area (Å²) in [7, 11) is 0. The van der Waals surface area contributed by atoms with Crippen molar-refractivity contribution >= 4 is 10.9 Å². The molecule has 0 aliphatic carbocycles. The van der Waals surface area contributed by atoms with Crippen LogP contribution in [0.1, 0.15) is 25.2 Å². The third-order valence-corrected chi connectivity index (χ3v) is 3.56. The zero-order valence-corrected chi connectivity index (χ0v) is 12.7. The second kappa shape index (κ2) is 5.66. The highest BCUT2D eigenvalue weighted by molar-refractivity contribution is 5.83. The molecule has 3 aromatic rings. The SMILES string of the molecule is Cc1nccn1-c1cc(CNC(C)C)c2ccccc2n1. The van der Waals surface area contributed by atoms with Gasteiger partial charge in [-0.3, -0.25) is 4.57 Å². The summed E-state index contributed by atoms with van der Waals surface area (Å²) in [6.45, 7) is 7.14. The van der Waals surface area contributed by atoms with E-state index in [1.54, 1.807) is 6.20 Å². The summed E-state index contributed by atoms with van der Waals surface area (Å²) in [5.41, 5.74) is 2.28. The number of nitrogens with zero attached hydrogens (tertiary/aromatic N) is 3. The Labute approximate surface area is 124 Å². The van der Waals surface area contributed by atoms with Crippen LogP contribution in [0.3, 0.4) is 0 Å². The van der Waals surface area contributed by atoms with Gasteiger partial charge < -0.3 is 5.32 Å². The van der Waals surface area contributed by atoms with E-state index in [2.05, 4.69) is 48.4 Å². The van der Waals surface area contributed by atoms with Crippen LogP contribution in [0.15, 0.2) is 42.7 Å². The summed E-state index contributed by atoms with van der Waals surface area (Å²) >= 11 is 0. The van der Waals surface area contributed by atoms with E-state index < -0.39 is 0 Å². The van der Waals surface area contributed by atoms with Gasteiger partial charge in [-0.1, -0.05) is 32.0 Å². The van der Waals surface area contributed by atoms with Gasteiger partial charge in [-0.2, -0.15) is 0 Å². The van der Waals surface area contributed by atoms with Gasteiger partial charge in [-0.15, -0.1) is 0 Å². The summed E-state index contributed by atoms with van der Waals surface area (Å²) in [6, 6.07) is 10.9. The molecule has 2 aromatic heterocycles. The van der Waals surface area contributed by atoms with Gasteiger partial charge in [0.2, 0.25) is 0 Å². The van der Waals surface area contributed by atoms with E-state index in [9.17, 15) is 0 Å². The van der Waals surface area contributed by atoms with Crippen molar-refractivity contribution in [2.45, 2.75) is 33.4 Å². The van der Waals surface area contributed by atoms with Crippen molar-refractivity contribution in [1.29, 1.82) is 0 Å². The largest absolute Gasteiger partial charge is 0.310 e. The van der Waals surface area contributed by atoms with E-state index in [0.29, 0.717) is 6.04 Å². The molecule has 108 valence electrons. The number of imidazole rings is 1. The lowest BCUT2D eigenvalue weighted by atomic mass is 10.1. The minimum Gasteiger partial charge on any atom is -0.310 e. The number of fused-ring (bicyclic) bond motifs is 1.